The number of hydrogen-bond acceptors (Lipinski definition) is 4. The number of nitrogens with zero attached hydrogens (tertiary/aromatic N) is 1. The maximum absolute atomic E-state index is 12.0. The summed E-state index contributed by atoms with van der Waals surface area (Å²) in [6, 6.07) is 1.18. The molecule has 0 spiro atoms. The first-order chi connectivity index (χ1) is 9.44. The third kappa shape index (κ3) is 4.94. The van der Waals surface area contributed by atoms with E-state index in [-0.39, 0.29) is 6.09 Å². The van der Waals surface area contributed by atoms with Crippen molar-refractivity contribution in [2.45, 2.75) is 64.1 Å². The number of carbonyl (C=O) groups excluding carboxylic acids is 1. The van der Waals surface area contributed by atoms with Gasteiger partial charge in [-0.2, -0.15) is 0 Å². The summed E-state index contributed by atoms with van der Waals surface area (Å²) in [4.78, 5) is 13.8. The van der Waals surface area contributed by atoms with Crippen LogP contribution in [-0.4, -0.2) is 54.9 Å². The average Bonchev–Trinajstić information content (AvgIpc) is 2.88. The molecular weight excluding hydrogens is 254 g/mol. The number of ether oxygens (including phenoxy) is 1. The third-order valence-corrected chi connectivity index (χ3v) is 3.96. The predicted molar refractivity (Wildman–Crippen MR) is 79.9 cm³/mol. The Morgan fingerprint density at radius 1 is 1.30 bits per heavy atom. The molecule has 1 amide bonds. The highest BCUT2D eigenvalue weighted by Gasteiger charge is 2.27. The zero-order valence-corrected chi connectivity index (χ0v) is 13.1. The summed E-state index contributed by atoms with van der Waals surface area (Å²) in [6.45, 7) is 9.53. The Hall–Kier alpha value is -0.810. The van der Waals surface area contributed by atoms with Gasteiger partial charge in [0.05, 0.1) is 0 Å². The van der Waals surface area contributed by atoms with Crippen molar-refractivity contribution in [1.82, 2.24) is 15.5 Å². The lowest BCUT2D eigenvalue weighted by Crippen LogP contribution is -2.48. The lowest BCUT2D eigenvalue weighted by Gasteiger charge is -2.34. The monoisotopic (exact) mass is 283 g/mol. The van der Waals surface area contributed by atoms with Crippen LogP contribution in [0.3, 0.4) is 0 Å². The summed E-state index contributed by atoms with van der Waals surface area (Å²) in [6.07, 6.45) is 4.44. The summed E-state index contributed by atoms with van der Waals surface area (Å²) in [5.41, 5.74) is -0.402. The van der Waals surface area contributed by atoms with Crippen LogP contribution in [0.5, 0.6) is 0 Å². The first-order valence-electron chi connectivity index (χ1n) is 7.89. The molecule has 0 bridgehead atoms. The summed E-state index contributed by atoms with van der Waals surface area (Å²) >= 11 is 0. The topological polar surface area (TPSA) is 53.6 Å². The Kier molecular flexibility index (Phi) is 5.27. The molecule has 2 fully saturated rings. The molecule has 2 aliphatic rings. The highest BCUT2D eigenvalue weighted by atomic mass is 16.6. The molecule has 2 saturated heterocycles. The molecule has 0 aliphatic carbocycles. The highest BCUT2D eigenvalue weighted by Crippen LogP contribution is 2.15. The van der Waals surface area contributed by atoms with Gasteiger partial charge in [0, 0.05) is 31.7 Å². The number of amides is 1. The van der Waals surface area contributed by atoms with E-state index in [1.165, 1.54) is 12.8 Å². The van der Waals surface area contributed by atoms with Crippen LogP contribution in [0.1, 0.15) is 46.5 Å². The molecule has 20 heavy (non-hydrogen) atoms. The van der Waals surface area contributed by atoms with Gasteiger partial charge in [-0.25, -0.2) is 4.79 Å². The number of carbonyl (C=O) groups is 1. The average molecular weight is 283 g/mol. The second-order valence-electron chi connectivity index (χ2n) is 6.94. The van der Waals surface area contributed by atoms with Gasteiger partial charge in [-0.1, -0.05) is 0 Å². The molecule has 0 aromatic carbocycles. The zero-order chi connectivity index (χ0) is 14.6. The van der Waals surface area contributed by atoms with E-state index < -0.39 is 5.60 Å². The molecule has 116 valence electrons. The van der Waals surface area contributed by atoms with Crippen LogP contribution in [0.2, 0.25) is 0 Å². The molecule has 2 rings (SSSR count). The predicted octanol–water partition coefficient (Wildman–Crippen LogP) is 1.73. The highest BCUT2D eigenvalue weighted by molar-refractivity contribution is 5.68. The molecule has 5 nitrogen and oxygen atoms in total. The van der Waals surface area contributed by atoms with Gasteiger partial charge in [-0.15, -0.1) is 0 Å². The number of likely N-dealkylation sites (tertiary alicyclic amines) is 1. The van der Waals surface area contributed by atoms with Crippen molar-refractivity contribution in [3.8, 4) is 0 Å². The van der Waals surface area contributed by atoms with E-state index in [9.17, 15) is 4.79 Å². The second-order valence-corrected chi connectivity index (χ2v) is 6.94. The maximum atomic E-state index is 12.0. The molecule has 0 aromatic heterocycles. The fourth-order valence-electron chi connectivity index (χ4n) is 2.83. The van der Waals surface area contributed by atoms with Crippen molar-refractivity contribution in [3.05, 3.63) is 0 Å². The van der Waals surface area contributed by atoms with Crippen molar-refractivity contribution in [1.29, 1.82) is 0 Å². The minimum Gasteiger partial charge on any atom is -0.444 e. The van der Waals surface area contributed by atoms with E-state index in [1.54, 1.807) is 0 Å². The van der Waals surface area contributed by atoms with Gasteiger partial charge in [0.1, 0.15) is 5.60 Å². The van der Waals surface area contributed by atoms with Crippen molar-refractivity contribution < 1.29 is 9.53 Å². The first kappa shape index (κ1) is 15.6. The smallest absolute Gasteiger partial charge is 0.410 e. The van der Waals surface area contributed by atoms with Gasteiger partial charge in [0.2, 0.25) is 0 Å². The molecule has 0 saturated carbocycles. The van der Waals surface area contributed by atoms with Gasteiger partial charge < -0.3 is 20.3 Å². The standard InChI is InChI=1S/C15H29N3O2/c1-15(2,3)20-14(19)18-9-6-12(7-10-18)17-11-13-5-4-8-16-13/h12-13,16-17H,4-11H2,1-3H3. The van der Waals surface area contributed by atoms with E-state index in [4.69, 9.17) is 4.74 Å². The molecule has 5 heteroatoms. The van der Waals surface area contributed by atoms with Gasteiger partial charge in [-0.3, -0.25) is 0 Å². The molecular formula is C15H29N3O2. The minimum atomic E-state index is -0.402. The van der Waals surface area contributed by atoms with Gasteiger partial charge in [0.25, 0.3) is 0 Å². The van der Waals surface area contributed by atoms with Crippen molar-refractivity contribution >= 4 is 6.09 Å². The van der Waals surface area contributed by atoms with E-state index in [2.05, 4.69) is 10.6 Å². The molecule has 0 aromatic rings. The second kappa shape index (κ2) is 6.76. The number of hydrogen-bond donors (Lipinski definition) is 2. The van der Waals surface area contributed by atoms with E-state index >= 15 is 0 Å². The molecule has 2 N–H and O–H groups in total. The van der Waals surface area contributed by atoms with Crippen LogP contribution in [0.25, 0.3) is 0 Å². The van der Waals surface area contributed by atoms with Gasteiger partial charge in [-0.05, 0) is 53.0 Å². The Morgan fingerprint density at radius 2 is 2.00 bits per heavy atom. The molecule has 1 atom stereocenters. The largest absolute Gasteiger partial charge is 0.444 e. The number of rotatable bonds is 3. The lowest BCUT2D eigenvalue weighted by molar-refractivity contribution is 0.0198. The van der Waals surface area contributed by atoms with Crippen molar-refractivity contribution in [2.75, 3.05) is 26.2 Å². The molecule has 2 heterocycles. The van der Waals surface area contributed by atoms with Crippen LogP contribution >= 0.6 is 0 Å². The summed E-state index contributed by atoms with van der Waals surface area (Å²) in [5, 5.41) is 7.13. The summed E-state index contributed by atoms with van der Waals surface area (Å²) in [7, 11) is 0. The van der Waals surface area contributed by atoms with Gasteiger partial charge in [0.15, 0.2) is 0 Å². The fourth-order valence-corrected chi connectivity index (χ4v) is 2.83. The maximum Gasteiger partial charge on any atom is 0.410 e. The lowest BCUT2D eigenvalue weighted by atomic mass is 10.0. The third-order valence-electron chi connectivity index (χ3n) is 3.96. The number of piperidine rings is 1. The van der Waals surface area contributed by atoms with Crippen LogP contribution < -0.4 is 10.6 Å². The quantitative estimate of drug-likeness (QED) is 0.828. The van der Waals surface area contributed by atoms with Crippen LogP contribution in [0.15, 0.2) is 0 Å². The Bertz CT molecular complexity index is 314. The molecule has 1 unspecified atom stereocenters. The molecule has 2 aliphatic heterocycles. The van der Waals surface area contributed by atoms with Crippen LogP contribution in [0, 0.1) is 0 Å². The minimum absolute atomic E-state index is 0.173. The summed E-state index contributed by atoms with van der Waals surface area (Å²) in [5.74, 6) is 0. The summed E-state index contributed by atoms with van der Waals surface area (Å²) < 4.78 is 5.41. The van der Waals surface area contributed by atoms with Crippen molar-refractivity contribution in [2.24, 2.45) is 0 Å². The van der Waals surface area contributed by atoms with Crippen LogP contribution in [-0.2, 0) is 4.74 Å². The fraction of sp³-hybridized carbons (Fsp3) is 0.933. The van der Waals surface area contributed by atoms with Gasteiger partial charge >= 0.3 is 6.09 Å². The normalized spacial score (nSPS) is 24.9. The molecule has 0 radical (unpaired) electrons. The first-order valence-corrected chi connectivity index (χ1v) is 7.89. The number of nitrogens with one attached hydrogen (secondary N) is 2. The van der Waals surface area contributed by atoms with E-state index in [0.717, 1.165) is 39.0 Å². The SMILES string of the molecule is CC(C)(C)OC(=O)N1CCC(NCC2CCCN2)CC1. The van der Waals surface area contributed by atoms with Crippen LogP contribution in [0.4, 0.5) is 4.79 Å². The van der Waals surface area contributed by atoms with E-state index in [1.807, 2.05) is 25.7 Å². The Morgan fingerprint density at radius 3 is 2.55 bits per heavy atom. The Labute approximate surface area is 122 Å². The van der Waals surface area contributed by atoms with E-state index in [0.29, 0.717) is 12.1 Å². The Balaban J connectivity index is 1.65. The zero-order valence-electron chi connectivity index (χ0n) is 13.1. The van der Waals surface area contributed by atoms with Crippen molar-refractivity contribution in [3.63, 3.8) is 0 Å².